The molecule has 0 saturated heterocycles. The number of nitro groups is 1. The Labute approximate surface area is 76.4 Å². The molecule has 0 aliphatic rings. The number of nitrogens with one attached hydrogen (secondary N) is 1. The molecule has 2 rings (SSSR count). The molecule has 1 N–H and O–H groups in total. The number of H-pyrrole nitrogens is 1. The molecule has 0 atom stereocenters. The van der Waals surface area contributed by atoms with Gasteiger partial charge in [0.25, 0.3) is 5.82 Å². The predicted molar refractivity (Wildman–Crippen MR) is 46.4 cm³/mol. The Bertz CT molecular complexity index is 422. The highest BCUT2D eigenvalue weighted by Gasteiger charge is 2.13. The third-order valence-corrected chi connectivity index (χ3v) is 2.17. The quantitative estimate of drug-likeness (QED) is 0.581. The van der Waals surface area contributed by atoms with Gasteiger partial charge in [-0.3, -0.25) is 0 Å². The van der Waals surface area contributed by atoms with Crippen molar-refractivity contribution in [3.8, 4) is 10.8 Å². The van der Waals surface area contributed by atoms with Gasteiger partial charge in [0.1, 0.15) is 6.20 Å². The van der Waals surface area contributed by atoms with Gasteiger partial charge in [0.05, 0.1) is 0 Å². The van der Waals surface area contributed by atoms with Crippen LogP contribution in [0.1, 0.15) is 0 Å². The van der Waals surface area contributed by atoms with E-state index in [-0.39, 0.29) is 5.82 Å². The van der Waals surface area contributed by atoms with Crippen molar-refractivity contribution in [2.75, 3.05) is 0 Å². The number of hydrogen-bond acceptors (Lipinski definition) is 5. The molecule has 2 heterocycles. The Morgan fingerprint density at radius 1 is 1.54 bits per heavy atom. The molecule has 0 amide bonds. The zero-order valence-corrected chi connectivity index (χ0v) is 7.11. The Hall–Kier alpha value is -1.76. The number of nitrogens with zero attached hydrogens (tertiary/aromatic N) is 3. The smallest absolute Gasteiger partial charge is 0.341 e. The van der Waals surface area contributed by atoms with Crippen molar-refractivity contribution < 1.29 is 4.92 Å². The maximum absolute atomic E-state index is 10.3. The second-order valence-corrected chi connectivity index (χ2v) is 3.11. The van der Waals surface area contributed by atoms with Gasteiger partial charge in [0, 0.05) is 11.6 Å². The zero-order chi connectivity index (χ0) is 9.26. The summed E-state index contributed by atoms with van der Waals surface area (Å²) in [6.07, 6.45) is 2.80. The lowest BCUT2D eigenvalue weighted by Gasteiger charge is -1.85. The first kappa shape index (κ1) is 7.87. The molecule has 0 aliphatic carbocycles. The lowest BCUT2D eigenvalue weighted by Crippen LogP contribution is -1.86. The van der Waals surface area contributed by atoms with Gasteiger partial charge >= 0.3 is 5.82 Å². The first-order valence-corrected chi connectivity index (χ1v) is 4.24. The van der Waals surface area contributed by atoms with Gasteiger partial charge in [-0.05, 0) is 4.92 Å². The fourth-order valence-corrected chi connectivity index (χ4v) is 1.44. The molecule has 0 unspecified atom stereocenters. The SMILES string of the molecule is O=[N+]([O-])c1cnc(-c2nccs2)[nH]1. The lowest BCUT2D eigenvalue weighted by atomic mass is 10.6. The van der Waals surface area contributed by atoms with Crippen LogP contribution in [-0.2, 0) is 0 Å². The second kappa shape index (κ2) is 2.94. The molecule has 66 valence electrons. The summed E-state index contributed by atoms with van der Waals surface area (Å²) < 4.78 is 0. The molecule has 2 aromatic heterocycles. The molecule has 6 nitrogen and oxygen atoms in total. The van der Waals surface area contributed by atoms with E-state index in [1.165, 1.54) is 17.5 Å². The van der Waals surface area contributed by atoms with Crippen LogP contribution in [0, 0.1) is 10.1 Å². The van der Waals surface area contributed by atoms with Crippen LogP contribution in [0.4, 0.5) is 5.82 Å². The maximum Gasteiger partial charge on any atom is 0.341 e. The summed E-state index contributed by atoms with van der Waals surface area (Å²) in [5.74, 6) is 0.312. The number of aromatic nitrogens is 3. The minimum atomic E-state index is -0.524. The molecule has 0 fully saturated rings. The van der Waals surface area contributed by atoms with Crippen LogP contribution in [0.25, 0.3) is 10.8 Å². The van der Waals surface area contributed by atoms with Gasteiger partial charge in [0.2, 0.25) is 0 Å². The van der Waals surface area contributed by atoms with Crippen molar-refractivity contribution in [1.29, 1.82) is 0 Å². The molecule has 0 saturated carbocycles. The monoisotopic (exact) mass is 196 g/mol. The highest BCUT2D eigenvalue weighted by atomic mass is 32.1. The van der Waals surface area contributed by atoms with Gasteiger partial charge in [-0.2, -0.15) is 0 Å². The Morgan fingerprint density at radius 3 is 2.92 bits per heavy atom. The molecule has 0 aromatic carbocycles. The van der Waals surface area contributed by atoms with E-state index < -0.39 is 4.92 Å². The summed E-state index contributed by atoms with van der Waals surface area (Å²) in [7, 11) is 0. The first-order chi connectivity index (χ1) is 6.27. The van der Waals surface area contributed by atoms with Crippen LogP contribution in [0.2, 0.25) is 0 Å². The van der Waals surface area contributed by atoms with Crippen LogP contribution >= 0.6 is 11.3 Å². The molecule has 0 bridgehead atoms. The highest BCUT2D eigenvalue weighted by Crippen LogP contribution is 2.20. The van der Waals surface area contributed by atoms with E-state index in [2.05, 4.69) is 15.0 Å². The van der Waals surface area contributed by atoms with Gasteiger partial charge in [-0.15, -0.1) is 11.3 Å². The second-order valence-electron chi connectivity index (χ2n) is 2.21. The van der Waals surface area contributed by atoms with Crippen molar-refractivity contribution in [2.24, 2.45) is 0 Å². The summed E-state index contributed by atoms with van der Waals surface area (Å²) in [5.41, 5.74) is 0. The minimum absolute atomic E-state index is 0.120. The third-order valence-electron chi connectivity index (χ3n) is 1.39. The van der Waals surface area contributed by atoms with Crippen molar-refractivity contribution in [1.82, 2.24) is 15.0 Å². The number of aromatic amines is 1. The van der Waals surface area contributed by atoms with Crippen molar-refractivity contribution in [3.63, 3.8) is 0 Å². The van der Waals surface area contributed by atoms with Gasteiger partial charge in [0.15, 0.2) is 5.01 Å². The molecular weight excluding hydrogens is 192 g/mol. The van der Waals surface area contributed by atoms with Gasteiger partial charge in [-0.1, -0.05) is 0 Å². The molecule has 13 heavy (non-hydrogen) atoms. The summed E-state index contributed by atoms with van der Waals surface area (Å²) >= 11 is 1.37. The Morgan fingerprint density at radius 2 is 2.38 bits per heavy atom. The lowest BCUT2D eigenvalue weighted by molar-refractivity contribution is -0.389. The van der Waals surface area contributed by atoms with E-state index in [0.717, 1.165) is 0 Å². The average Bonchev–Trinajstić information content (AvgIpc) is 2.75. The predicted octanol–water partition coefficient (Wildman–Crippen LogP) is 1.44. The number of imidazole rings is 1. The van der Waals surface area contributed by atoms with Crippen LogP contribution in [-0.4, -0.2) is 19.9 Å². The van der Waals surface area contributed by atoms with Crippen molar-refractivity contribution >= 4 is 17.2 Å². The van der Waals surface area contributed by atoms with Gasteiger partial charge < -0.3 is 10.1 Å². The van der Waals surface area contributed by atoms with Crippen molar-refractivity contribution in [2.45, 2.75) is 0 Å². The van der Waals surface area contributed by atoms with E-state index in [1.54, 1.807) is 11.6 Å². The standard InChI is InChI=1S/C6H4N4O2S/c11-10(12)4-3-8-5(9-4)6-7-1-2-13-6/h1-3H,(H,8,9). The number of rotatable bonds is 2. The van der Waals surface area contributed by atoms with Gasteiger partial charge in [-0.25, -0.2) is 15.0 Å². The highest BCUT2D eigenvalue weighted by molar-refractivity contribution is 7.12. The van der Waals surface area contributed by atoms with E-state index >= 15 is 0 Å². The van der Waals surface area contributed by atoms with Crippen LogP contribution in [0.5, 0.6) is 0 Å². The number of thiazole rings is 1. The maximum atomic E-state index is 10.3. The van der Waals surface area contributed by atoms with E-state index in [0.29, 0.717) is 10.8 Å². The fourth-order valence-electron chi connectivity index (χ4n) is 0.853. The Balaban J connectivity index is 2.39. The topological polar surface area (TPSA) is 84.7 Å². The van der Waals surface area contributed by atoms with Crippen LogP contribution in [0.15, 0.2) is 17.8 Å². The van der Waals surface area contributed by atoms with E-state index in [9.17, 15) is 10.1 Å². The molecule has 7 heteroatoms. The van der Waals surface area contributed by atoms with Crippen LogP contribution in [0.3, 0.4) is 0 Å². The van der Waals surface area contributed by atoms with E-state index in [4.69, 9.17) is 0 Å². The minimum Gasteiger partial charge on any atom is -0.358 e. The summed E-state index contributed by atoms with van der Waals surface area (Å²) in [6, 6.07) is 0. The molecular formula is C6H4N4O2S. The summed E-state index contributed by atoms with van der Waals surface area (Å²) in [6.45, 7) is 0. The zero-order valence-electron chi connectivity index (χ0n) is 6.30. The summed E-state index contributed by atoms with van der Waals surface area (Å²) in [4.78, 5) is 20.1. The van der Waals surface area contributed by atoms with Crippen LogP contribution < -0.4 is 0 Å². The molecule has 2 aromatic rings. The summed E-state index contributed by atoms with van der Waals surface area (Å²) in [5, 5.41) is 12.7. The van der Waals surface area contributed by atoms with E-state index in [1.807, 2.05) is 0 Å². The molecule has 0 aliphatic heterocycles. The Kier molecular flexibility index (Phi) is 1.78. The number of hydrogen-bond donors (Lipinski definition) is 1. The normalized spacial score (nSPS) is 10.2. The van der Waals surface area contributed by atoms with Crippen molar-refractivity contribution in [3.05, 3.63) is 27.9 Å². The molecule has 0 spiro atoms. The molecule has 0 radical (unpaired) electrons. The largest absolute Gasteiger partial charge is 0.358 e. The third kappa shape index (κ3) is 1.41. The average molecular weight is 196 g/mol. The first-order valence-electron chi connectivity index (χ1n) is 3.36. The fraction of sp³-hybridized carbons (Fsp3) is 0.